The summed E-state index contributed by atoms with van der Waals surface area (Å²) in [6.07, 6.45) is 0. The molecule has 4 aromatic rings. The average Bonchev–Trinajstić information content (AvgIpc) is 2.85. The summed E-state index contributed by atoms with van der Waals surface area (Å²) in [5.74, 6) is -1.56. The van der Waals surface area contributed by atoms with E-state index in [1.54, 1.807) is 48.5 Å². The molecule has 34 heavy (non-hydrogen) atoms. The van der Waals surface area contributed by atoms with Gasteiger partial charge in [-0.05, 0) is 42.0 Å². The van der Waals surface area contributed by atoms with E-state index in [4.69, 9.17) is 39.5 Å². The molecule has 1 N–H and O–H groups in total. The van der Waals surface area contributed by atoms with E-state index in [1.807, 2.05) is 0 Å². The van der Waals surface area contributed by atoms with Gasteiger partial charge in [0.1, 0.15) is 5.82 Å². The van der Waals surface area contributed by atoms with Crippen molar-refractivity contribution in [3.63, 3.8) is 0 Å². The van der Waals surface area contributed by atoms with Gasteiger partial charge in [0.2, 0.25) is 0 Å². The van der Waals surface area contributed by atoms with Crippen LogP contribution in [0.5, 0.6) is 0 Å². The summed E-state index contributed by atoms with van der Waals surface area (Å²) in [6.45, 7) is -0.311. The van der Waals surface area contributed by atoms with Crippen molar-refractivity contribution >= 4 is 57.6 Å². The highest BCUT2D eigenvalue weighted by Crippen LogP contribution is 2.38. The van der Waals surface area contributed by atoms with Crippen molar-refractivity contribution in [3.8, 4) is 11.3 Å². The van der Waals surface area contributed by atoms with E-state index >= 15 is 0 Å². The third kappa shape index (κ3) is 5.30. The van der Waals surface area contributed by atoms with Crippen molar-refractivity contribution < 1.29 is 18.7 Å². The number of hydrogen-bond acceptors (Lipinski definition) is 4. The van der Waals surface area contributed by atoms with Gasteiger partial charge >= 0.3 is 5.97 Å². The van der Waals surface area contributed by atoms with Gasteiger partial charge in [-0.15, -0.1) is 0 Å². The number of para-hydroxylation sites is 1. The Labute approximate surface area is 209 Å². The number of benzene rings is 3. The number of hydrogen-bond donors (Lipinski definition) is 1. The van der Waals surface area contributed by atoms with Crippen LogP contribution in [-0.4, -0.2) is 23.5 Å². The molecule has 0 saturated carbocycles. The van der Waals surface area contributed by atoms with E-state index in [0.717, 1.165) is 0 Å². The zero-order chi connectivity index (χ0) is 24.2. The molecule has 0 unspecified atom stereocenters. The maximum atomic E-state index is 13.0. The summed E-state index contributed by atoms with van der Waals surface area (Å²) in [5, 5.41) is 3.86. The average molecular weight is 518 g/mol. The van der Waals surface area contributed by atoms with Gasteiger partial charge in [0, 0.05) is 17.5 Å². The number of carbonyl (C=O) groups is 2. The molecule has 0 bridgehead atoms. The summed E-state index contributed by atoms with van der Waals surface area (Å²) in [5.41, 5.74) is 2.36. The van der Waals surface area contributed by atoms with Gasteiger partial charge in [-0.25, -0.2) is 14.2 Å². The first kappa shape index (κ1) is 24.0. The second-order valence-electron chi connectivity index (χ2n) is 7.27. The number of nitrogens with zero attached hydrogens (tertiary/aromatic N) is 1. The van der Waals surface area contributed by atoms with Crippen LogP contribution in [0.1, 0.15) is 15.9 Å². The number of carbonyl (C=O) groups excluding carboxylic acids is 2. The molecule has 0 aliphatic carbocycles. The summed E-state index contributed by atoms with van der Waals surface area (Å²) in [6, 6.07) is 17.5. The van der Waals surface area contributed by atoms with Crippen LogP contribution in [0.25, 0.3) is 22.2 Å². The lowest BCUT2D eigenvalue weighted by Gasteiger charge is -2.12. The lowest BCUT2D eigenvalue weighted by molar-refractivity contribution is -0.124. The van der Waals surface area contributed by atoms with Crippen LogP contribution in [0.15, 0.2) is 66.7 Å². The highest BCUT2D eigenvalue weighted by atomic mass is 35.5. The van der Waals surface area contributed by atoms with Crippen LogP contribution in [0, 0.1) is 5.82 Å². The molecule has 0 fully saturated rings. The molecule has 1 amide bonds. The number of nitrogens with one attached hydrogen (secondary N) is 1. The second-order valence-corrected chi connectivity index (χ2v) is 8.44. The lowest BCUT2D eigenvalue weighted by atomic mass is 10.0. The van der Waals surface area contributed by atoms with Crippen molar-refractivity contribution in [1.29, 1.82) is 0 Å². The monoisotopic (exact) mass is 516 g/mol. The predicted octanol–water partition coefficient (Wildman–Crippen LogP) is 6.47. The van der Waals surface area contributed by atoms with Crippen LogP contribution < -0.4 is 5.32 Å². The fourth-order valence-corrected chi connectivity index (χ4v) is 3.90. The quantitative estimate of drug-likeness (QED) is 0.235. The molecule has 0 radical (unpaired) electrons. The first-order chi connectivity index (χ1) is 16.3. The van der Waals surface area contributed by atoms with E-state index in [2.05, 4.69) is 10.3 Å². The molecule has 5 nitrogen and oxygen atoms in total. The van der Waals surface area contributed by atoms with Gasteiger partial charge in [-0.1, -0.05) is 65.1 Å². The van der Waals surface area contributed by atoms with Crippen molar-refractivity contribution in [1.82, 2.24) is 10.3 Å². The number of fused-ring (bicyclic) bond motifs is 1. The zero-order valence-electron chi connectivity index (χ0n) is 17.4. The minimum atomic E-state index is -0.701. The van der Waals surface area contributed by atoms with E-state index in [-0.39, 0.29) is 28.0 Å². The van der Waals surface area contributed by atoms with Crippen molar-refractivity contribution in [2.75, 3.05) is 6.61 Å². The molecule has 3 aromatic carbocycles. The standard InChI is InChI=1S/C25H16Cl3FN2O3/c26-19-10-9-17(23(27)24(19)28)21-11-18(16-3-1-2-4-20(16)31-21)25(33)34-13-22(32)30-12-14-5-7-15(29)8-6-14/h1-11H,12-13H2,(H,30,32). The largest absolute Gasteiger partial charge is 0.452 e. The highest BCUT2D eigenvalue weighted by Gasteiger charge is 2.19. The summed E-state index contributed by atoms with van der Waals surface area (Å²) in [7, 11) is 0. The summed E-state index contributed by atoms with van der Waals surface area (Å²) in [4.78, 5) is 29.7. The molecule has 1 heterocycles. The Bertz CT molecular complexity index is 1390. The Hall–Kier alpha value is -3.19. The van der Waals surface area contributed by atoms with Crippen molar-refractivity contribution in [3.05, 3.63) is 98.7 Å². The molecule has 0 aliphatic heterocycles. The van der Waals surface area contributed by atoms with Gasteiger partial charge in [-0.2, -0.15) is 0 Å². The topological polar surface area (TPSA) is 68.3 Å². The molecule has 0 spiro atoms. The molecule has 0 saturated heterocycles. The van der Waals surface area contributed by atoms with Crippen molar-refractivity contribution in [2.45, 2.75) is 6.54 Å². The molecule has 0 aliphatic rings. The Morgan fingerprint density at radius 1 is 0.941 bits per heavy atom. The number of rotatable bonds is 6. The zero-order valence-corrected chi connectivity index (χ0v) is 19.7. The Morgan fingerprint density at radius 3 is 2.44 bits per heavy atom. The second kappa shape index (κ2) is 10.4. The van der Waals surface area contributed by atoms with Gasteiger partial charge in [0.25, 0.3) is 5.91 Å². The number of aromatic nitrogens is 1. The van der Waals surface area contributed by atoms with E-state index in [9.17, 15) is 14.0 Å². The molecule has 9 heteroatoms. The Morgan fingerprint density at radius 2 is 1.68 bits per heavy atom. The van der Waals surface area contributed by atoms with E-state index in [1.165, 1.54) is 18.2 Å². The number of pyridine rings is 1. The van der Waals surface area contributed by atoms with Crippen LogP contribution in [0.2, 0.25) is 15.1 Å². The summed E-state index contributed by atoms with van der Waals surface area (Å²) < 4.78 is 18.2. The van der Waals surface area contributed by atoms with Crippen LogP contribution >= 0.6 is 34.8 Å². The minimum Gasteiger partial charge on any atom is -0.452 e. The third-order valence-corrected chi connectivity index (χ3v) is 6.28. The Kier molecular flexibility index (Phi) is 7.32. The fourth-order valence-electron chi connectivity index (χ4n) is 3.27. The molecule has 172 valence electrons. The normalized spacial score (nSPS) is 10.8. The fraction of sp³-hybridized carbons (Fsp3) is 0.0800. The van der Waals surface area contributed by atoms with Crippen LogP contribution in [-0.2, 0) is 16.1 Å². The smallest absolute Gasteiger partial charge is 0.339 e. The van der Waals surface area contributed by atoms with E-state index < -0.39 is 18.5 Å². The maximum Gasteiger partial charge on any atom is 0.339 e. The number of esters is 1. The maximum absolute atomic E-state index is 13.0. The molecular weight excluding hydrogens is 502 g/mol. The molecular formula is C25H16Cl3FN2O3. The van der Waals surface area contributed by atoms with Crippen LogP contribution in [0.4, 0.5) is 4.39 Å². The highest BCUT2D eigenvalue weighted by molar-refractivity contribution is 6.49. The van der Waals surface area contributed by atoms with Crippen LogP contribution in [0.3, 0.4) is 0 Å². The van der Waals surface area contributed by atoms with Crippen molar-refractivity contribution in [2.24, 2.45) is 0 Å². The Balaban J connectivity index is 1.54. The number of halogens is 4. The SMILES string of the molecule is O=C(COC(=O)c1cc(-c2ccc(Cl)c(Cl)c2Cl)nc2ccccc12)NCc1ccc(F)cc1. The van der Waals surface area contributed by atoms with Gasteiger partial charge in [0.15, 0.2) is 6.61 Å². The molecule has 1 aromatic heterocycles. The molecule has 0 atom stereocenters. The third-order valence-electron chi connectivity index (χ3n) is 4.98. The molecule has 4 rings (SSSR count). The first-order valence-corrected chi connectivity index (χ1v) is 11.2. The van der Waals surface area contributed by atoms with Gasteiger partial charge in [0.05, 0.1) is 31.8 Å². The van der Waals surface area contributed by atoms with Gasteiger partial charge < -0.3 is 10.1 Å². The minimum absolute atomic E-state index is 0.175. The van der Waals surface area contributed by atoms with Gasteiger partial charge in [-0.3, -0.25) is 4.79 Å². The number of amides is 1. The predicted molar refractivity (Wildman–Crippen MR) is 131 cm³/mol. The first-order valence-electron chi connectivity index (χ1n) is 10.1. The van der Waals surface area contributed by atoms with E-state index in [0.29, 0.717) is 32.7 Å². The summed E-state index contributed by atoms with van der Waals surface area (Å²) >= 11 is 18.6. The number of ether oxygens (including phenoxy) is 1. The lowest BCUT2D eigenvalue weighted by Crippen LogP contribution is -2.28.